The van der Waals surface area contributed by atoms with Crippen LogP contribution < -0.4 is 0 Å². The van der Waals surface area contributed by atoms with Crippen LogP contribution in [0.4, 0.5) is 0 Å². The van der Waals surface area contributed by atoms with E-state index >= 15 is 0 Å². The van der Waals surface area contributed by atoms with Gasteiger partial charge in [-0.2, -0.15) is 0 Å². The predicted molar refractivity (Wildman–Crippen MR) is 35.3 cm³/mol. The van der Waals surface area contributed by atoms with E-state index in [2.05, 4.69) is 0 Å². The summed E-state index contributed by atoms with van der Waals surface area (Å²) in [5.41, 5.74) is 0. The van der Waals surface area contributed by atoms with Gasteiger partial charge in [0, 0.05) is 6.54 Å². The highest BCUT2D eigenvalue weighted by Crippen LogP contribution is 2.13. The van der Waals surface area contributed by atoms with Gasteiger partial charge in [-0.15, -0.1) is 0 Å². The zero-order valence-corrected chi connectivity index (χ0v) is 5.94. The Labute approximate surface area is 59.7 Å². The molecule has 0 saturated carbocycles. The summed E-state index contributed by atoms with van der Waals surface area (Å²) in [6.07, 6.45) is -2.18. The molecule has 0 aliphatic carbocycles. The predicted octanol–water partition coefficient (Wildman–Crippen LogP) is -1.64. The maximum Gasteiger partial charge on any atom is 0.135 e. The van der Waals surface area contributed by atoms with Crippen LogP contribution in [-0.2, 0) is 0 Å². The van der Waals surface area contributed by atoms with Gasteiger partial charge in [0.2, 0.25) is 0 Å². The maximum atomic E-state index is 9.13. The molecule has 3 atom stereocenters. The van der Waals surface area contributed by atoms with E-state index < -0.39 is 18.4 Å². The first-order valence-corrected chi connectivity index (χ1v) is 3.37. The highest BCUT2D eigenvalue weighted by Gasteiger charge is 2.32. The molecule has 1 fully saturated rings. The van der Waals surface area contributed by atoms with E-state index in [9.17, 15) is 0 Å². The molecule has 0 aromatic rings. The zero-order chi connectivity index (χ0) is 7.72. The van der Waals surface area contributed by atoms with Gasteiger partial charge in [-0.1, -0.05) is 0 Å². The summed E-state index contributed by atoms with van der Waals surface area (Å²) in [5, 5.41) is 27.2. The van der Waals surface area contributed by atoms with Crippen molar-refractivity contribution >= 4 is 0 Å². The Morgan fingerprint density at radius 1 is 1.30 bits per heavy atom. The van der Waals surface area contributed by atoms with E-state index in [1.807, 2.05) is 0 Å². The fraction of sp³-hybridized carbons (Fsp3) is 1.00. The first-order chi connectivity index (χ1) is 4.63. The molecule has 1 aliphatic heterocycles. The van der Waals surface area contributed by atoms with Crippen molar-refractivity contribution in [3.63, 3.8) is 0 Å². The lowest BCUT2D eigenvalue weighted by atomic mass is 10.0. The van der Waals surface area contributed by atoms with E-state index in [1.165, 1.54) is 0 Å². The second kappa shape index (κ2) is 2.84. The smallest absolute Gasteiger partial charge is 0.135 e. The lowest BCUT2D eigenvalue weighted by molar-refractivity contribution is -0.147. The average Bonchev–Trinajstić information content (AvgIpc) is 1.93. The van der Waals surface area contributed by atoms with Gasteiger partial charge in [0.1, 0.15) is 12.3 Å². The molecular weight excluding hydrogens is 134 g/mol. The first-order valence-electron chi connectivity index (χ1n) is 3.37. The number of hydrogen-bond acceptors (Lipinski definition) is 4. The van der Waals surface area contributed by atoms with Crippen LogP contribution in [0.3, 0.4) is 0 Å². The van der Waals surface area contributed by atoms with Crippen molar-refractivity contribution in [2.75, 3.05) is 13.6 Å². The van der Waals surface area contributed by atoms with Crippen LogP contribution in [0.25, 0.3) is 0 Å². The molecule has 1 aliphatic rings. The third-order valence-electron chi connectivity index (χ3n) is 1.93. The quantitative estimate of drug-likeness (QED) is 0.384. The van der Waals surface area contributed by atoms with Crippen LogP contribution >= 0.6 is 0 Å². The normalized spacial score (nSPS) is 43.8. The molecule has 4 heteroatoms. The van der Waals surface area contributed by atoms with Crippen molar-refractivity contribution in [3.05, 3.63) is 0 Å². The number of nitrogens with zero attached hydrogens (tertiary/aromatic N) is 1. The highest BCUT2D eigenvalue weighted by atomic mass is 16.4. The summed E-state index contributed by atoms with van der Waals surface area (Å²) in [4.78, 5) is 1.61. The number of rotatable bonds is 0. The van der Waals surface area contributed by atoms with Crippen LogP contribution in [0.15, 0.2) is 0 Å². The number of hydrogen-bond donors (Lipinski definition) is 3. The monoisotopic (exact) mass is 147 g/mol. The summed E-state index contributed by atoms with van der Waals surface area (Å²) in [6, 6.07) is 0. The van der Waals surface area contributed by atoms with Gasteiger partial charge in [-0.3, -0.25) is 4.90 Å². The summed E-state index contributed by atoms with van der Waals surface area (Å²) >= 11 is 0. The molecular formula is C6H13NO3. The number of likely N-dealkylation sites (N-methyl/N-ethyl adjacent to an activating group) is 1. The minimum Gasteiger partial charge on any atom is -0.390 e. The number of aliphatic hydroxyl groups excluding tert-OH is 3. The lowest BCUT2D eigenvalue weighted by Crippen LogP contribution is -2.52. The van der Waals surface area contributed by atoms with Crippen molar-refractivity contribution < 1.29 is 15.3 Å². The standard InChI is InChI=1S/C6H13NO3/c1-7-3-2-4(8)5(9)6(7)10/h4-6,8-10H,2-3H2,1H3/t4-,5-,6-/m1/s1. The fourth-order valence-corrected chi connectivity index (χ4v) is 1.10. The van der Waals surface area contributed by atoms with Gasteiger partial charge in [0.25, 0.3) is 0 Å². The molecule has 0 unspecified atom stereocenters. The number of likely N-dealkylation sites (tertiary alicyclic amines) is 1. The maximum absolute atomic E-state index is 9.13. The summed E-state index contributed by atoms with van der Waals surface area (Å²) in [6.45, 7) is 0.624. The second-order valence-corrected chi connectivity index (χ2v) is 2.74. The van der Waals surface area contributed by atoms with Gasteiger partial charge in [-0.25, -0.2) is 0 Å². The topological polar surface area (TPSA) is 63.9 Å². The third kappa shape index (κ3) is 1.29. The molecule has 0 radical (unpaired) electrons. The van der Waals surface area contributed by atoms with E-state index in [0.717, 1.165) is 0 Å². The van der Waals surface area contributed by atoms with Crippen LogP contribution in [0.1, 0.15) is 6.42 Å². The molecule has 0 bridgehead atoms. The molecule has 0 aromatic heterocycles. The van der Waals surface area contributed by atoms with Gasteiger partial charge >= 0.3 is 0 Å². The lowest BCUT2D eigenvalue weighted by Gasteiger charge is -2.35. The summed E-state index contributed by atoms with van der Waals surface area (Å²) in [7, 11) is 1.71. The molecule has 0 amide bonds. The highest BCUT2D eigenvalue weighted by molar-refractivity contribution is 4.80. The van der Waals surface area contributed by atoms with Crippen molar-refractivity contribution in [1.29, 1.82) is 0 Å². The number of aliphatic hydroxyl groups is 3. The first kappa shape index (κ1) is 7.94. The molecule has 1 rings (SSSR count). The van der Waals surface area contributed by atoms with E-state index in [0.29, 0.717) is 13.0 Å². The Morgan fingerprint density at radius 3 is 2.40 bits per heavy atom. The van der Waals surface area contributed by atoms with E-state index in [-0.39, 0.29) is 0 Å². The van der Waals surface area contributed by atoms with Gasteiger partial charge in [-0.05, 0) is 13.5 Å². The molecule has 1 saturated heterocycles. The molecule has 4 nitrogen and oxygen atoms in total. The molecule has 10 heavy (non-hydrogen) atoms. The van der Waals surface area contributed by atoms with Gasteiger partial charge in [0.05, 0.1) is 6.10 Å². The molecule has 60 valence electrons. The molecule has 1 heterocycles. The Kier molecular flexibility index (Phi) is 2.25. The minimum absolute atomic E-state index is 0.523. The van der Waals surface area contributed by atoms with Crippen molar-refractivity contribution in [1.82, 2.24) is 4.90 Å². The van der Waals surface area contributed by atoms with Crippen LogP contribution in [0.2, 0.25) is 0 Å². The summed E-state index contributed by atoms with van der Waals surface area (Å²) in [5.74, 6) is 0. The van der Waals surface area contributed by atoms with Crippen LogP contribution in [0, 0.1) is 0 Å². The second-order valence-electron chi connectivity index (χ2n) is 2.74. The Hall–Kier alpha value is -0.160. The Balaban J connectivity index is 2.52. The van der Waals surface area contributed by atoms with Crippen molar-refractivity contribution in [2.45, 2.75) is 24.9 Å². The van der Waals surface area contributed by atoms with Crippen molar-refractivity contribution in [2.24, 2.45) is 0 Å². The number of piperidine rings is 1. The fourth-order valence-electron chi connectivity index (χ4n) is 1.10. The van der Waals surface area contributed by atoms with E-state index in [4.69, 9.17) is 15.3 Å². The Morgan fingerprint density at radius 2 is 1.90 bits per heavy atom. The third-order valence-corrected chi connectivity index (χ3v) is 1.93. The average molecular weight is 147 g/mol. The zero-order valence-electron chi connectivity index (χ0n) is 5.94. The van der Waals surface area contributed by atoms with Crippen LogP contribution in [-0.4, -0.2) is 52.2 Å². The molecule has 3 N–H and O–H groups in total. The minimum atomic E-state index is -1.02. The van der Waals surface area contributed by atoms with Crippen molar-refractivity contribution in [3.8, 4) is 0 Å². The molecule has 0 aromatic carbocycles. The van der Waals surface area contributed by atoms with Gasteiger partial charge in [0.15, 0.2) is 0 Å². The van der Waals surface area contributed by atoms with E-state index in [1.54, 1.807) is 11.9 Å². The largest absolute Gasteiger partial charge is 0.390 e. The van der Waals surface area contributed by atoms with Crippen LogP contribution in [0.5, 0.6) is 0 Å². The van der Waals surface area contributed by atoms with Gasteiger partial charge < -0.3 is 15.3 Å². The summed E-state index contributed by atoms with van der Waals surface area (Å²) < 4.78 is 0. The SMILES string of the molecule is CN1CC[C@@H](O)[C@@H](O)[C@H]1O. The molecule has 0 spiro atoms. The Bertz CT molecular complexity index is 106.